The van der Waals surface area contributed by atoms with Crippen LogP contribution < -0.4 is 5.32 Å². The summed E-state index contributed by atoms with van der Waals surface area (Å²) in [5.74, 6) is 1.05. The topological polar surface area (TPSA) is 12.0 Å². The highest BCUT2D eigenvalue weighted by Gasteiger charge is 2.15. The molecule has 2 aromatic carbocycles. The van der Waals surface area contributed by atoms with Crippen LogP contribution in [0.1, 0.15) is 33.9 Å². The Morgan fingerprint density at radius 1 is 0.952 bits per heavy atom. The molecule has 0 aliphatic carbocycles. The van der Waals surface area contributed by atoms with E-state index in [1.165, 1.54) is 32.7 Å². The van der Waals surface area contributed by atoms with Gasteiger partial charge in [0.2, 0.25) is 0 Å². The molecule has 0 radical (unpaired) electrons. The maximum absolute atomic E-state index is 3.48. The molecule has 112 valence electrons. The van der Waals surface area contributed by atoms with E-state index in [1.54, 1.807) is 0 Å². The zero-order chi connectivity index (χ0) is 15.4. The molecule has 0 saturated carbocycles. The van der Waals surface area contributed by atoms with E-state index in [-0.39, 0.29) is 0 Å². The molecule has 0 bridgehead atoms. The first-order valence-electron chi connectivity index (χ1n) is 7.45. The van der Waals surface area contributed by atoms with E-state index < -0.39 is 0 Å². The van der Waals surface area contributed by atoms with E-state index >= 15 is 0 Å². The first kappa shape index (κ1) is 16.1. The molecule has 1 N–H and O–H groups in total. The highest BCUT2D eigenvalue weighted by Crippen LogP contribution is 2.29. The van der Waals surface area contributed by atoms with Gasteiger partial charge >= 0.3 is 0 Å². The lowest BCUT2D eigenvalue weighted by Gasteiger charge is -2.21. The maximum atomic E-state index is 3.48. The molecule has 1 nitrogen and oxygen atoms in total. The number of nitrogens with one attached hydrogen (secondary N) is 1. The van der Waals surface area contributed by atoms with Crippen molar-refractivity contribution in [1.29, 1.82) is 0 Å². The van der Waals surface area contributed by atoms with Crippen LogP contribution in [0, 0.1) is 27.7 Å². The first-order chi connectivity index (χ1) is 10.0. The molecule has 0 aromatic heterocycles. The third kappa shape index (κ3) is 4.12. The van der Waals surface area contributed by atoms with Gasteiger partial charge in [0.25, 0.3) is 0 Å². The molecule has 21 heavy (non-hydrogen) atoms. The SMILES string of the molecule is CNC(CSc1cccc(C)c1)c1c(C)cc(C)cc1C. The van der Waals surface area contributed by atoms with Gasteiger partial charge in [-0.2, -0.15) is 0 Å². The van der Waals surface area contributed by atoms with Gasteiger partial charge in [-0.25, -0.2) is 0 Å². The van der Waals surface area contributed by atoms with Gasteiger partial charge < -0.3 is 5.32 Å². The number of hydrogen-bond acceptors (Lipinski definition) is 2. The van der Waals surface area contributed by atoms with Crippen molar-refractivity contribution >= 4 is 11.8 Å². The van der Waals surface area contributed by atoms with Crippen LogP contribution >= 0.6 is 11.8 Å². The number of benzene rings is 2. The van der Waals surface area contributed by atoms with E-state index in [4.69, 9.17) is 0 Å². The van der Waals surface area contributed by atoms with Crippen molar-refractivity contribution in [3.63, 3.8) is 0 Å². The highest BCUT2D eigenvalue weighted by atomic mass is 32.2. The van der Waals surface area contributed by atoms with Gasteiger partial charge in [-0.3, -0.25) is 0 Å². The van der Waals surface area contributed by atoms with Gasteiger partial charge in [0.15, 0.2) is 0 Å². The molecule has 1 unspecified atom stereocenters. The molecule has 0 aliphatic rings. The molecule has 0 heterocycles. The Morgan fingerprint density at radius 2 is 1.62 bits per heavy atom. The molecule has 0 fully saturated rings. The van der Waals surface area contributed by atoms with Crippen molar-refractivity contribution in [1.82, 2.24) is 5.32 Å². The number of hydrogen-bond donors (Lipinski definition) is 1. The highest BCUT2D eigenvalue weighted by molar-refractivity contribution is 7.99. The fraction of sp³-hybridized carbons (Fsp3) is 0.368. The smallest absolute Gasteiger partial charge is 0.0418 e. The third-order valence-corrected chi connectivity index (χ3v) is 4.93. The quantitative estimate of drug-likeness (QED) is 0.782. The van der Waals surface area contributed by atoms with Crippen LogP contribution in [0.4, 0.5) is 0 Å². The lowest BCUT2D eigenvalue weighted by atomic mass is 9.95. The van der Waals surface area contributed by atoms with Crippen molar-refractivity contribution in [2.45, 2.75) is 38.6 Å². The van der Waals surface area contributed by atoms with Gasteiger partial charge in [-0.1, -0.05) is 35.4 Å². The summed E-state index contributed by atoms with van der Waals surface area (Å²) in [5, 5.41) is 3.48. The van der Waals surface area contributed by atoms with Crippen molar-refractivity contribution in [3.8, 4) is 0 Å². The minimum Gasteiger partial charge on any atom is -0.312 e. The van der Waals surface area contributed by atoms with E-state index in [2.05, 4.69) is 76.5 Å². The second kappa shape index (κ2) is 7.15. The summed E-state index contributed by atoms with van der Waals surface area (Å²) in [6, 6.07) is 13.7. The van der Waals surface area contributed by atoms with Crippen LogP contribution in [0.25, 0.3) is 0 Å². The Morgan fingerprint density at radius 3 is 2.19 bits per heavy atom. The standard InChI is InChI=1S/C19H25NS/c1-13-7-6-8-17(11-13)21-12-18(20-5)19-15(3)9-14(2)10-16(19)4/h6-11,18,20H,12H2,1-5H3. The maximum Gasteiger partial charge on any atom is 0.0418 e. The Kier molecular flexibility index (Phi) is 5.49. The second-order valence-electron chi connectivity index (χ2n) is 5.78. The van der Waals surface area contributed by atoms with Gasteiger partial charge in [-0.15, -0.1) is 11.8 Å². The van der Waals surface area contributed by atoms with Crippen molar-refractivity contribution in [3.05, 3.63) is 64.2 Å². The minimum atomic E-state index is 0.385. The van der Waals surface area contributed by atoms with Crippen LogP contribution in [0.5, 0.6) is 0 Å². The molecular weight excluding hydrogens is 274 g/mol. The van der Waals surface area contributed by atoms with Crippen LogP contribution in [-0.4, -0.2) is 12.8 Å². The average molecular weight is 299 g/mol. The molecule has 0 amide bonds. The second-order valence-corrected chi connectivity index (χ2v) is 6.87. The van der Waals surface area contributed by atoms with E-state index in [9.17, 15) is 0 Å². The first-order valence-corrected chi connectivity index (χ1v) is 8.44. The largest absolute Gasteiger partial charge is 0.312 e. The van der Waals surface area contributed by atoms with Gasteiger partial charge in [0, 0.05) is 16.7 Å². The van der Waals surface area contributed by atoms with E-state index in [1.807, 2.05) is 11.8 Å². The molecule has 2 rings (SSSR count). The third-order valence-electron chi connectivity index (χ3n) is 3.84. The average Bonchev–Trinajstić information content (AvgIpc) is 2.41. The van der Waals surface area contributed by atoms with Gasteiger partial charge in [-0.05, 0) is 63.6 Å². The Bertz CT molecular complexity index is 596. The Hall–Kier alpha value is -1.25. The Balaban J connectivity index is 2.17. The fourth-order valence-corrected chi connectivity index (χ4v) is 4.07. The summed E-state index contributed by atoms with van der Waals surface area (Å²) in [5.41, 5.74) is 6.88. The summed E-state index contributed by atoms with van der Waals surface area (Å²) >= 11 is 1.92. The zero-order valence-corrected chi connectivity index (χ0v) is 14.5. The monoisotopic (exact) mass is 299 g/mol. The van der Waals surface area contributed by atoms with Crippen LogP contribution in [0.2, 0.25) is 0 Å². The van der Waals surface area contributed by atoms with Crippen LogP contribution in [-0.2, 0) is 0 Å². The molecule has 0 saturated heterocycles. The molecule has 0 spiro atoms. The van der Waals surface area contributed by atoms with Crippen molar-refractivity contribution < 1.29 is 0 Å². The summed E-state index contributed by atoms with van der Waals surface area (Å²) in [4.78, 5) is 1.35. The summed E-state index contributed by atoms with van der Waals surface area (Å²) in [7, 11) is 2.06. The molecule has 2 aromatic rings. The fourth-order valence-electron chi connectivity index (χ4n) is 2.94. The summed E-state index contributed by atoms with van der Waals surface area (Å²) in [6.45, 7) is 8.75. The van der Waals surface area contributed by atoms with Crippen LogP contribution in [0.3, 0.4) is 0 Å². The van der Waals surface area contributed by atoms with E-state index in [0.29, 0.717) is 6.04 Å². The predicted octanol–water partition coefficient (Wildman–Crippen LogP) is 4.97. The molecule has 1 atom stereocenters. The zero-order valence-electron chi connectivity index (χ0n) is 13.7. The molecule has 2 heteroatoms. The molecule has 0 aliphatic heterocycles. The van der Waals surface area contributed by atoms with Gasteiger partial charge in [0.05, 0.1) is 0 Å². The number of rotatable bonds is 5. The summed E-state index contributed by atoms with van der Waals surface area (Å²) < 4.78 is 0. The van der Waals surface area contributed by atoms with Crippen LogP contribution in [0.15, 0.2) is 41.3 Å². The summed E-state index contributed by atoms with van der Waals surface area (Å²) in [6.07, 6.45) is 0. The minimum absolute atomic E-state index is 0.385. The van der Waals surface area contributed by atoms with Crippen molar-refractivity contribution in [2.24, 2.45) is 0 Å². The molecular formula is C19H25NS. The van der Waals surface area contributed by atoms with E-state index in [0.717, 1.165) is 5.75 Å². The van der Waals surface area contributed by atoms with Gasteiger partial charge in [0.1, 0.15) is 0 Å². The van der Waals surface area contributed by atoms with Crippen molar-refractivity contribution in [2.75, 3.05) is 12.8 Å². The number of aryl methyl sites for hydroxylation is 4. The normalized spacial score (nSPS) is 12.4. The number of thioether (sulfide) groups is 1. The lowest BCUT2D eigenvalue weighted by Crippen LogP contribution is -2.21. The predicted molar refractivity (Wildman–Crippen MR) is 94.4 cm³/mol. The Labute approximate surface area is 133 Å². The lowest BCUT2D eigenvalue weighted by molar-refractivity contribution is 0.653.